The van der Waals surface area contributed by atoms with Crippen LogP contribution in [-0.4, -0.2) is 56.7 Å². The minimum absolute atomic E-state index is 0.0526. The second-order valence-corrected chi connectivity index (χ2v) is 5.87. The summed E-state index contributed by atoms with van der Waals surface area (Å²) < 4.78 is 4.59. The van der Waals surface area contributed by atoms with Gasteiger partial charge in [0.25, 0.3) is 5.69 Å². The molecule has 0 aliphatic rings. The number of nitrogens with zero attached hydrogens (tertiary/aromatic N) is 5. The number of fused-ring (bicyclic) bond motifs is 1. The molecule has 0 aliphatic heterocycles. The van der Waals surface area contributed by atoms with E-state index in [2.05, 4.69) is 20.3 Å². The maximum Gasteiger partial charge on any atom is 0.300 e. The Kier molecular flexibility index (Phi) is 5.80. The van der Waals surface area contributed by atoms with Crippen molar-refractivity contribution in [3.8, 4) is 0 Å². The van der Waals surface area contributed by atoms with Crippen molar-refractivity contribution in [1.29, 1.82) is 0 Å². The van der Waals surface area contributed by atoms with Crippen molar-refractivity contribution in [2.24, 2.45) is 0 Å². The minimum atomic E-state index is -0.618. The minimum Gasteiger partial charge on any atom is -0.395 e. The molecule has 2 aromatic carbocycles. The fourth-order valence-corrected chi connectivity index (χ4v) is 2.87. The fourth-order valence-electron chi connectivity index (χ4n) is 2.87. The topological polar surface area (TPSA) is 181 Å². The van der Waals surface area contributed by atoms with Crippen molar-refractivity contribution in [3.05, 3.63) is 50.6 Å². The average molecular weight is 404 g/mol. The first-order chi connectivity index (χ1) is 14.0. The lowest BCUT2D eigenvalue weighted by atomic mass is 10.2. The van der Waals surface area contributed by atoms with Crippen molar-refractivity contribution < 1.29 is 24.7 Å². The molecule has 13 heteroatoms. The van der Waals surface area contributed by atoms with E-state index in [9.17, 15) is 20.2 Å². The molecular weight excluding hydrogens is 388 g/mol. The molecule has 3 N–H and O–H groups in total. The van der Waals surface area contributed by atoms with Crippen LogP contribution in [0.4, 0.5) is 28.4 Å². The molecule has 3 aromatic rings. The van der Waals surface area contributed by atoms with Gasteiger partial charge in [-0.25, -0.2) is 4.63 Å². The highest BCUT2D eigenvalue weighted by Gasteiger charge is 2.22. The number of rotatable bonds is 9. The summed E-state index contributed by atoms with van der Waals surface area (Å²) in [6.45, 7) is -0.252. The molecule has 0 unspecified atom stereocenters. The lowest BCUT2D eigenvalue weighted by Crippen LogP contribution is -2.30. The lowest BCUT2D eigenvalue weighted by Gasteiger charge is -2.23. The third kappa shape index (κ3) is 4.04. The number of nitrogens with one attached hydrogen (secondary N) is 1. The Morgan fingerprint density at radius 3 is 2.24 bits per heavy atom. The standard InChI is InChI=1S/C16H16N6O7/c23-7-5-20(6-8-24)12-3-1-10(9-14(12)22(27)28)17-11-2-4-13(21(25)26)16-15(11)18-29-19-16/h1-4,9,17,23-24H,5-8H2. The molecule has 0 atom stereocenters. The highest BCUT2D eigenvalue weighted by atomic mass is 16.6. The fraction of sp³-hybridized carbons (Fsp3) is 0.250. The molecule has 0 saturated carbocycles. The summed E-state index contributed by atoms with van der Waals surface area (Å²) in [7, 11) is 0. The van der Waals surface area contributed by atoms with Crippen LogP contribution in [0.25, 0.3) is 11.0 Å². The van der Waals surface area contributed by atoms with Gasteiger partial charge in [0.1, 0.15) is 5.69 Å². The average Bonchev–Trinajstić information content (AvgIpc) is 3.18. The van der Waals surface area contributed by atoms with Gasteiger partial charge in [-0.3, -0.25) is 20.2 Å². The van der Waals surface area contributed by atoms with E-state index in [1.807, 2.05) is 0 Å². The third-order valence-corrected chi connectivity index (χ3v) is 4.12. The number of hydrogen-bond donors (Lipinski definition) is 3. The summed E-state index contributed by atoms with van der Waals surface area (Å²) in [5.74, 6) is 0. The molecule has 0 spiro atoms. The van der Waals surface area contributed by atoms with Crippen LogP contribution < -0.4 is 10.2 Å². The summed E-state index contributed by atoms with van der Waals surface area (Å²) in [4.78, 5) is 22.9. The van der Waals surface area contributed by atoms with E-state index in [-0.39, 0.29) is 54.4 Å². The van der Waals surface area contributed by atoms with E-state index in [1.54, 1.807) is 6.07 Å². The molecule has 0 radical (unpaired) electrons. The van der Waals surface area contributed by atoms with E-state index >= 15 is 0 Å². The van der Waals surface area contributed by atoms with E-state index in [1.165, 1.54) is 29.2 Å². The van der Waals surface area contributed by atoms with Crippen LogP contribution in [0.3, 0.4) is 0 Å². The molecule has 1 aromatic heterocycles. The first-order valence-corrected chi connectivity index (χ1v) is 8.38. The number of aromatic nitrogens is 2. The predicted molar refractivity (Wildman–Crippen MR) is 101 cm³/mol. The first kappa shape index (κ1) is 19.9. The largest absolute Gasteiger partial charge is 0.395 e. The molecule has 29 heavy (non-hydrogen) atoms. The molecule has 3 rings (SSSR count). The number of aliphatic hydroxyl groups is 2. The quantitative estimate of drug-likeness (QED) is 0.348. The van der Waals surface area contributed by atoms with E-state index in [0.29, 0.717) is 11.4 Å². The number of aliphatic hydroxyl groups excluding tert-OH is 2. The predicted octanol–water partition coefficient (Wildman–Crippen LogP) is 1.57. The Hall–Kier alpha value is -3.84. The number of non-ortho nitro benzene ring substituents is 1. The summed E-state index contributed by atoms with van der Waals surface area (Å²) in [6.07, 6.45) is 0. The number of benzene rings is 2. The number of hydrogen-bond acceptors (Lipinski definition) is 11. The summed E-state index contributed by atoms with van der Waals surface area (Å²) in [5.41, 5.74) is 0.407. The zero-order valence-corrected chi connectivity index (χ0v) is 14.9. The molecule has 0 bridgehead atoms. The van der Waals surface area contributed by atoms with Crippen molar-refractivity contribution in [2.45, 2.75) is 0 Å². The zero-order chi connectivity index (χ0) is 21.0. The highest BCUT2D eigenvalue weighted by Crippen LogP contribution is 2.34. The van der Waals surface area contributed by atoms with E-state index in [4.69, 9.17) is 10.2 Å². The van der Waals surface area contributed by atoms with Gasteiger partial charge in [-0.15, -0.1) is 0 Å². The Morgan fingerprint density at radius 1 is 0.966 bits per heavy atom. The molecule has 13 nitrogen and oxygen atoms in total. The van der Waals surface area contributed by atoms with E-state index in [0.717, 1.165) is 0 Å². The van der Waals surface area contributed by atoms with Gasteiger partial charge in [0.05, 0.1) is 28.7 Å². The van der Waals surface area contributed by atoms with Gasteiger partial charge in [0.15, 0.2) is 5.52 Å². The van der Waals surface area contributed by atoms with Gasteiger partial charge in [-0.05, 0) is 28.5 Å². The van der Waals surface area contributed by atoms with Gasteiger partial charge in [0.2, 0.25) is 5.52 Å². The molecule has 0 saturated heterocycles. The Balaban J connectivity index is 1.99. The van der Waals surface area contributed by atoms with Gasteiger partial charge in [-0.1, -0.05) is 0 Å². The van der Waals surface area contributed by atoms with Crippen LogP contribution >= 0.6 is 0 Å². The van der Waals surface area contributed by atoms with Crippen LogP contribution in [0.5, 0.6) is 0 Å². The SMILES string of the molecule is O=[N+]([O-])c1cc(Nc2ccc([N+](=O)[O-])c3nonc23)ccc1N(CCO)CCO. The normalized spacial score (nSPS) is 10.8. The second-order valence-electron chi connectivity index (χ2n) is 5.87. The first-order valence-electron chi connectivity index (χ1n) is 8.38. The van der Waals surface area contributed by atoms with Gasteiger partial charge < -0.3 is 20.4 Å². The lowest BCUT2D eigenvalue weighted by molar-refractivity contribution is -0.384. The molecule has 1 heterocycles. The van der Waals surface area contributed by atoms with Crippen LogP contribution in [0.15, 0.2) is 35.0 Å². The van der Waals surface area contributed by atoms with Crippen LogP contribution in [-0.2, 0) is 0 Å². The van der Waals surface area contributed by atoms with Crippen LogP contribution in [0.2, 0.25) is 0 Å². The molecule has 0 amide bonds. The Labute approximate surface area is 162 Å². The van der Waals surface area contributed by atoms with Crippen molar-refractivity contribution in [1.82, 2.24) is 10.3 Å². The van der Waals surface area contributed by atoms with Gasteiger partial charge in [-0.2, -0.15) is 0 Å². The summed E-state index contributed by atoms with van der Waals surface area (Å²) in [6, 6.07) is 6.94. The summed E-state index contributed by atoms with van der Waals surface area (Å²) in [5, 5.41) is 51.1. The maximum atomic E-state index is 11.5. The van der Waals surface area contributed by atoms with Gasteiger partial charge in [0, 0.05) is 30.9 Å². The highest BCUT2D eigenvalue weighted by molar-refractivity contribution is 5.95. The third-order valence-electron chi connectivity index (χ3n) is 4.12. The van der Waals surface area contributed by atoms with Crippen LogP contribution in [0.1, 0.15) is 0 Å². The second kappa shape index (κ2) is 8.45. The van der Waals surface area contributed by atoms with Crippen molar-refractivity contribution in [3.63, 3.8) is 0 Å². The smallest absolute Gasteiger partial charge is 0.300 e. The Morgan fingerprint density at radius 2 is 1.62 bits per heavy atom. The molecule has 0 fully saturated rings. The number of nitro groups is 2. The Bertz CT molecular complexity index is 1050. The van der Waals surface area contributed by atoms with E-state index < -0.39 is 9.85 Å². The number of anilines is 3. The van der Waals surface area contributed by atoms with Crippen molar-refractivity contribution in [2.75, 3.05) is 36.5 Å². The van der Waals surface area contributed by atoms with Gasteiger partial charge >= 0.3 is 5.69 Å². The maximum absolute atomic E-state index is 11.5. The molecule has 0 aliphatic carbocycles. The zero-order valence-electron chi connectivity index (χ0n) is 14.9. The monoisotopic (exact) mass is 404 g/mol. The number of nitro benzene ring substituents is 2. The van der Waals surface area contributed by atoms with Crippen molar-refractivity contribution >= 4 is 39.5 Å². The molecular formula is C16H16N6O7. The summed E-state index contributed by atoms with van der Waals surface area (Å²) >= 11 is 0. The molecule has 152 valence electrons. The van der Waals surface area contributed by atoms with Crippen LogP contribution in [0, 0.1) is 20.2 Å².